The molecule has 4 rings (SSSR count). The largest absolute Gasteiger partial charge is 0.403 e. The van der Waals surface area contributed by atoms with Crippen molar-refractivity contribution in [2.45, 2.75) is 33.1 Å². The summed E-state index contributed by atoms with van der Waals surface area (Å²) in [6.45, 7) is 8.46. The zero-order chi connectivity index (χ0) is 18.3. The van der Waals surface area contributed by atoms with Crippen LogP contribution in [-0.4, -0.2) is 25.1 Å². The van der Waals surface area contributed by atoms with Gasteiger partial charge in [0, 0.05) is 11.8 Å². The highest BCUT2D eigenvalue weighted by Gasteiger charge is 2.15. The number of aromatic amines is 1. The van der Waals surface area contributed by atoms with E-state index < -0.39 is 0 Å². The van der Waals surface area contributed by atoms with E-state index in [1.54, 1.807) is 6.20 Å². The number of pyridine rings is 1. The molecule has 0 aliphatic rings. The topological polar surface area (TPSA) is 92.5 Å². The molecule has 0 atom stereocenters. The van der Waals surface area contributed by atoms with E-state index >= 15 is 0 Å². The summed E-state index contributed by atoms with van der Waals surface area (Å²) >= 11 is 0. The summed E-state index contributed by atoms with van der Waals surface area (Å²) in [5.74, 6) is 0.997. The molecule has 3 aromatic heterocycles. The molecular weight excluding hydrogens is 328 g/mol. The van der Waals surface area contributed by atoms with Crippen molar-refractivity contribution in [3.05, 3.63) is 47.8 Å². The van der Waals surface area contributed by atoms with E-state index in [9.17, 15) is 0 Å². The average Bonchev–Trinajstić information content (AvgIpc) is 3.22. The van der Waals surface area contributed by atoms with Gasteiger partial charge < -0.3 is 9.40 Å². The third-order valence-corrected chi connectivity index (χ3v) is 4.23. The maximum Gasteiger partial charge on any atom is 0.322 e. The minimum Gasteiger partial charge on any atom is -0.403 e. The van der Waals surface area contributed by atoms with Gasteiger partial charge in [-0.3, -0.25) is 10.3 Å². The first kappa shape index (κ1) is 16.3. The van der Waals surface area contributed by atoms with Gasteiger partial charge in [-0.1, -0.05) is 38.0 Å². The Labute approximate surface area is 150 Å². The summed E-state index contributed by atoms with van der Waals surface area (Å²) in [4.78, 5) is 11.9. The molecule has 0 fully saturated rings. The summed E-state index contributed by atoms with van der Waals surface area (Å²) in [5.41, 5.74) is 4.81. The SMILES string of the molecule is Cc1nccc2[nH]c(Nc3nnc(-c4ccc(C(C)(C)C)cc4)o3)nc12. The molecule has 26 heavy (non-hydrogen) atoms. The van der Waals surface area contributed by atoms with Crippen LogP contribution in [0.15, 0.2) is 40.9 Å². The zero-order valence-electron chi connectivity index (χ0n) is 15.2. The third kappa shape index (κ3) is 3.03. The number of aromatic nitrogens is 5. The van der Waals surface area contributed by atoms with Gasteiger partial charge in [0.2, 0.25) is 11.8 Å². The molecule has 1 aromatic carbocycles. The monoisotopic (exact) mass is 348 g/mol. The number of hydrogen-bond donors (Lipinski definition) is 2. The van der Waals surface area contributed by atoms with Crippen molar-refractivity contribution in [1.82, 2.24) is 25.1 Å². The predicted molar refractivity (Wildman–Crippen MR) is 100 cm³/mol. The van der Waals surface area contributed by atoms with E-state index in [2.05, 4.69) is 63.4 Å². The van der Waals surface area contributed by atoms with Gasteiger partial charge >= 0.3 is 6.01 Å². The maximum absolute atomic E-state index is 5.72. The number of imidazole rings is 1. The molecule has 4 aromatic rings. The molecule has 0 amide bonds. The predicted octanol–water partition coefficient (Wildman–Crippen LogP) is 4.36. The van der Waals surface area contributed by atoms with E-state index in [1.165, 1.54) is 5.56 Å². The number of fused-ring (bicyclic) bond motifs is 1. The van der Waals surface area contributed by atoms with Crippen LogP contribution in [0.3, 0.4) is 0 Å². The van der Waals surface area contributed by atoms with Crippen LogP contribution in [0.4, 0.5) is 12.0 Å². The molecule has 0 unspecified atom stereocenters. The lowest BCUT2D eigenvalue weighted by molar-refractivity contribution is 0.583. The summed E-state index contributed by atoms with van der Waals surface area (Å²) < 4.78 is 5.72. The Morgan fingerprint density at radius 3 is 2.50 bits per heavy atom. The Morgan fingerprint density at radius 1 is 1.04 bits per heavy atom. The molecule has 2 N–H and O–H groups in total. The van der Waals surface area contributed by atoms with Gasteiger partial charge in [0.15, 0.2) is 0 Å². The smallest absolute Gasteiger partial charge is 0.322 e. The van der Waals surface area contributed by atoms with Gasteiger partial charge in [0.25, 0.3) is 0 Å². The zero-order valence-corrected chi connectivity index (χ0v) is 15.2. The number of rotatable bonds is 3. The normalized spacial score (nSPS) is 11.8. The number of aryl methyl sites for hydroxylation is 1. The van der Waals surface area contributed by atoms with E-state index in [1.807, 2.05) is 25.1 Å². The molecular formula is C19H20N6O. The molecule has 0 bridgehead atoms. The minimum absolute atomic E-state index is 0.106. The first-order valence-corrected chi connectivity index (χ1v) is 8.43. The lowest BCUT2D eigenvalue weighted by Gasteiger charge is -2.18. The van der Waals surface area contributed by atoms with Crippen molar-refractivity contribution < 1.29 is 4.42 Å². The Balaban J connectivity index is 1.56. The third-order valence-electron chi connectivity index (χ3n) is 4.23. The van der Waals surface area contributed by atoms with Crippen LogP contribution in [0.25, 0.3) is 22.5 Å². The minimum atomic E-state index is 0.106. The highest BCUT2D eigenvalue weighted by molar-refractivity contribution is 5.79. The van der Waals surface area contributed by atoms with Gasteiger partial charge in [-0.2, -0.15) is 0 Å². The maximum atomic E-state index is 5.72. The molecule has 3 heterocycles. The Hall–Kier alpha value is -3.22. The van der Waals surface area contributed by atoms with E-state index in [0.29, 0.717) is 11.8 Å². The van der Waals surface area contributed by atoms with Crippen LogP contribution >= 0.6 is 0 Å². The molecule has 7 nitrogen and oxygen atoms in total. The molecule has 0 aliphatic heterocycles. The Kier molecular flexibility index (Phi) is 3.72. The number of anilines is 2. The molecule has 0 spiro atoms. The lowest BCUT2D eigenvalue weighted by Crippen LogP contribution is -2.10. The molecule has 0 saturated carbocycles. The quantitative estimate of drug-likeness (QED) is 0.571. The fourth-order valence-corrected chi connectivity index (χ4v) is 2.73. The van der Waals surface area contributed by atoms with Crippen molar-refractivity contribution in [3.8, 4) is 11.5 Å². The first-order chi connectivity index (χ1) is 12.4. The fraction of sp³-hybridized carbons (Fsp3) is 0.263. The van der Waals surface area contributed by atoms with Crippen molar-refractivity contribution in [1.29, 1.82) is 0 Å². The van der Waals surface area contributed by atoms with Crippen LogP contribution in [0.2, 0.25) is 0 Å². The van der Waals surface area contributed by atoms with E-state index in [0.717, 1.165) is 22.3 Å². The van der Waals surface area contributed by atoms with E-state index in [-0.39, 0.29) is 11.4 Å². The summed E-state index contributed by atoms with van der Waals surface area (Å²) in [7, 11) is 0. The van der Waals surface area contributed by atoms with Gasteiger partial charge in [0.05, 0.1) is 11.2 Å². The average molecular weight is 348 g/mol. The summed E-state index contributed by atoms with van der Waals surface area (Å²) in [6, 6.07) is 10.3. The number of H-pyrrole nitrogens is 1. The number of benzene rings is 1. The van der Waals surface area contributed by atoms with Crippen molar-refractivity contribution in [2.75, 3.05) is 5.32 Å². The lowest BCUT2D eigenvalue weighted by atomic mass is 9.87. The summed E-state index contributed by atoms with van der Waals surface area (Å²) in [6.07, 6.45) is 1.74. The van der Waals surface area contributed by atoms with Crippen molar-refractivity contribution in [2.24, 2.45) is 0 Å². The van der Waals surface area contributed by atoms with Gasteiger partial charge in [-0.15, -0.1) is 5.10 Å². The second kappa shape index (κ2) is 5.94. The van der Waals surface area contributed by atoms with E-state index in [4.69, 9.17) is 4.42 Å². The standard InChI is InChI=1S/C19H20N6O/c1-11-15-14(9-10-20-11)21-17(22-15)23-18-25-24-16(26-18)12-5-7-13(8-6-12)19(2,3)4/h5-10H,1-4H3,(H2,21,22,23,25). The highest BCUT2D eigenvalue weighted by atomic mass is 16.4. The molecule has 0 radical (unpaired) electrons. The fourth-order valence-electron chi connectivity index (χ4n) is 2.73. The van der Waals surface area contributed by atoms with Crippen LogP contribution in [0, 0.1) is 6.92 Å². The van der Waals surface area contributed by atoms with Gasteiger partial charge in [-0.05, 0) is 36.1 Å². The Bertz CT molecular complexity index is 1060. The number of nitrogens with zero attached hydrogens (tertiary/aromatic N) is 4. The Morgan fingerprint density at radius 2 is 1.81 bits per heavy atom. The second-order valence-corrected chi connectivity index (χ2v) is 7.24. The van der Waals surface area contributed by atoms with Gasteiger partial charge in [0.1, 0.15) is 5.52 Å². The van der Waals surface area contributed by atoms with Gasteiger partial charge in [-0.25, -0.2) is 4.98 Å². The number of hydrogen-bond acceptors (Lipinski definition) is 6. The van der Waals surface area contributed by atoms with Crippen molar-refractivity contribution >= 4 is 23.0 Å². The van der Waals surface area contributed by atoms with Crippen LogP contribution in [0.1, 0.15) is 32.0 Å². The summed E-state index contributed by atoms with van der Waals surface area (Å²) in [5, 5.41) is 11.2. The van der Waals surface area contributed by atoms with Crippen LogP contribution < -0.4 is 5.32 Å². The molecule has 0 aliphatic carbocycles. The van der Waals surface area contributed by atoms with Crippen LogP contribution in [0.5, 0.6) is 0 Å². The first-order valence-electron chi connectivity index (χ1n) is 8.43. The molecule has 7 heteroatoms. The number of nitrogens with one attached hydrogen (secondary N) is 2. The van der Waals surface area contributed by atoms with Crippen LogP contribution in [-0.2, 0) is 5.41 Å². The molecule has 132 valence electrons. The second-order valence-electron chi connectivity index (χ2n) is 7.24. The van der Waals surface area contributed by atoms with Crippen molar-refractivity contribution in [3.63, 3.8) is 0 Å². The molecule has 0 saturated heterocycles. The highest BCUT2D eigenvalue weighted by Crippen LogP contribution is 2.27.